The Morgan fingerprint density at radius 3 is 2.53 bits per heavy atom. The Morgan fingerprint density at radius 2 is 2.00 bits per heavy atom. The first-order valence-corrected chi connectivity index (χ1v) is 7.51. The molecule has 0 unspecified atom stereocenters. The number of benzene rings is 1. The molecule has 0 spiro atoms. The minimum Gasteiger partial charge on any atom is -0.480 e. The van der Waals surface area contributed by atoms with E-state index >= 15 is 0 Å². The van der Waals surface area contributed by atoms with Gasteiger partial charge in [0, 0.05) is 8.95 Å². The van der Waals surface area contributed by atoms with Gasteiger partial charge in [0.05, 0.1) is 4.90 Å². The van der Waals surface area contributed by atoms with Gasteiger partial charge in [-0.2, -0.15) is 4.72 Å². The number of hydrogen-bond donors (Lipinski definition) is 2. The molecule has 0 aliphatic heterocycles. The van der Waals surface area contributed by atoms with Gasteiger partial charge >= 0.3 is 5.97 Å². The van der Waals surface area contributed by atoms with Gasteiger partial charge < -0.3 is 5.11 Å². The van der Waals surface area contributed by atoms with Crippen LogP contribution in [0.25, 0.3) is 0 Å². The van der Waals surface area contributed by atoms with Crippen molar-refractivity contribution in [2.45, 2.75) is 17.9 Å². The standard InChI is InChI=1S/C9H9Br2NO4S/c1-5(9(13)14)12-17(15,16)8-4-6(10)2-3-7(8)11/h2-5,12H,1H3,(H,13,14)/t5-/m1/s1. The lowest BCUT2D eigenvalue weighted by Crippen LogP contribution is -2.38. The molecule has 5 nitrogen and oxygen atoms in total. The molecule has 0 heterocycles. The van der Waals surface area contributed by atoms with E-state index in [4.69, 9.17) is 5.11 Å². The number of hydrogen-bond acceptors (Lipinski definition) is 3. The third-order valence-corrected chi connectivity index (χ3v) is 4.91. The third-order valence-electron chi connectivity index (χ3n) is 1.89. The largest absolute Gasteiger partial charge is 0.480 e. The molecule has 0 aliphatic rings. The van der Waals surface area contributed by atoms with Crippen molar-refractivity contribution >= 4 is 47.9 Å². The zero-order chi connectivity index (χ0) is 13.2. The first kappa shape index (κ1) is 14.6. The normalized spacial score (nSPS) is 13.4. The number of nitrogens with one attached hydrogen (secondary N) is 1. The highest BCUT2D eigenvalue weighted by Crippen LogP contribution is 2.25. The minimum atomic E-state index is -3.87. The molecule has 0 radical (unpaired) electrons. The van der Waals surface area contributed by atoms with E-state index in [1.54, 1.807) is 12.1 Å². The second-order valence-electron chi connectivity index (χ2n) is 3.26. The summed E-state index contributed by atoms with van der Waals surface area (Å²) in [5, 5.41) is 8.67. The summed E-state index contributed by atoms with van der Waals surface area (Å²) in [5.41, 5.74) is 0. The molecule has 1 aromatic rings. The van der Waals surface area contributed by atoms with Gasteiger partial charge in [-0.1, -0.05) is 15.9 Å². The highest BCUT2D eigenvalue weighted by atomic mass is 79.9. The Balaban J connectivity index is 3.13. The van der Waals surface area contributed by atoms with Crippen LogP contribution in [-0.2, 0) is 14.8 Å². The molecule has 0 amide bonds. The van der Waals surface area contributed by atoms with Crippen LogP contribution in [0, 0.1) is 0 Å². The van der Waals surface area contributed by atoms with Gasteiger partial charge in [0.2, 0.25) is 10.0 Å². The second kappa shape index (κ2) is 5.47. The molecular formula is C9H9Br2NO4S. The van der Waals surface area contributed by atoms with Crippen LogP contribution >= 0.6 is 31.9 Å². The van der Waals surface area contributed by atoms with Crippen LogP contribution in [0.2, 0.25) is 0 Å². The van der Waals surface area contributed by atoms with E-state index in [1.165, 1.54) is 13.0 Å². The zero-order valence-electron chi connectivity index (χ0n) is 8.65. The lowest BCUT2D eigenvalue weighted by Gasteiger charge is -2.11. The average Bonchev–Trinajstić information content (AvgIpc) is 2.20. The monoisotopic (exact) mass is 385 g/mol. The van der Waals surface area contributed by atoms with Gasteiger partial charge in [0.25, 0.3) is 0 Å². The number of halogens is 2. The van der Waals surface area contributed by atoms with E-state index < -0.39 is 22.0 Å². The summed E-state index contributed by atoms with van der Waals surface area (Å²) in [7, 11) is -3.87. The van der Waals surface area contributed by atoms with Crippen LogP contribution in [0.3, 0.4) is 0 Å². The maximum atomic E-state index is 11.9. The molecule has 17 heavy (non-hydrogen) atoms. The lowest BCUT2D eigenvalue weighted by atomic mass is 10.4. The summed E-state index contributed by atoms with van der Waals surface area (Å²) in [6.45, 7) is 1.26. The highest BCUT2D eigenvalue weighted by Gasteiger charge is 2.23. The van der Waals surface area contributed by atoms with Crippen molar-refractivity contribution in [3.63, 3.8) is 0 Å². The Morgan fingerprint density at radius 1 is 1.41 bits per heavy atom. The molecule has 1 rings (SSSR count). The van der Waals surface area contributed by atoms with Crippen molar-refractivity contribution in [3.8, 4) is 0 Å². The Kier molecular flexibility index (Phi) is 4.70. The fourth-order valence-corrected chi connectivity index (χ4v) is 3.73. The van der Waals surface area contributed by atoms with Crippen LogP contribution in [0.5, 0.6) is 0 Å². The second-order valence-corrected chi connectivity index (χ2v) is 6.71. The number of sulfonamides is 1. The molecule has 0 bridgehead atoms. The first-order chi connectivity index (χ1) is 7.74. The molecule has 2 N–H and O–H groups in total. The predicted molar refractivity (Wildman–Crippen MR) is 69.3 cm³/mol. The van der Waals surface area contributed by atoms with Gasteiger partial charge in [-0.05, 0) is 41.1 Å². The molecule has 0 saturated heterocycles. The van der Waals surface area contributed by atoms with Crippen LogP contribution in [-0.4, -0.2) is 25.5 Å². The van der Waals surface area contributed by atoms with Crippen molar-refractivity contribution in [1.82, 2.24) is 4.72 Å². The van der Waals surface area contributed by atoms with Crippen molar-refractivity contribution in [2.24, 2.45) is 0 Å². The van der Waals surface area contributed by atoms with Crippen LogP contribution < -0.4 is 4.72 Å². The summed E-state index contributed by atoms with van der Waals surface area (Å²) < 4.78 is 26.8. The summed E-state index contributed by atoms with van der Waals surface area (Å²) in [6.07, 6.45) is 0. The van der Waals surface area contributed by atoms with Crippen LogP contribution in [0.1, 0.15) is 6.92 Å². The molecule has 1 atom stereocenters. The topological polar surface area (TPSA) is 83.5 Å². The minimum absolute atomic E-state index is 0.0139. The maximum Gasteiger partial charge on any atom is 0.321 e. The summed E-state index contributed by atoms with van der Waals surface area (Å²) in [4.78, 5) is 10.6. The van der Waals surface area contributed by atoms with E-state index in [2.05, 4.69) is 36.6 Å². The predicted octanol–water partition coefficient (Wildman–Crippen LogP) is 1.96. The van der Waals surface area contributed by atoms with Crippen LogP contribution in [0.15, 0.2) is 32.0 Å². The summed E-state index contributed by atoms with van der Waals surface area (Å²) in [6, 6.07) is 3.43. The zero-order valence-corrected chi connectivity index (χ0v) is 12.6. The molecule has 94 valence electrons. The third kappa shape index (κ3) is 3.77. The number of carboxylic acid groups (broad SMARTS) is 1. The Hall–Kier alpha value is -0.440. The van der Waals surface area contributed by atoms with Gasteiger partial charge in [-0.25, -0.2) is 8.42 Å². The van der Waals surface area contributed by atoms with Gasteiger partial charge in [0.1, 0.15) is 6.04 Å². The van der Waals surface area contributed by atoms with Gasteiger partial charge in [-0.15, -0.1) is 0 Å². The van der Waals surface area contributed by atoms with E-state index in [1.807, 2.05) is 0 Å². The maximum absolute atomic E-state index is 11.9. The number of carbonyl (C=O) groups is 1. The van der Waals surface area contributed by atoms with Crippen molar-refractivity contribution in [3.05, 3.63) is 27.1 Å². The van der Waals surface area contributed by atoms with Crippen molar-refractivity contribution < 1.29 is 18.3 Å². The number of aliphatic carboxylic acids is 1. The fraction of sp³-hybridized carbons (Fsp3) is 0.222. The summed E-state index contributed by atoms with van der Waals surface area (Å²) >= 11 is 6.26. The van der Waals surface area contributed by atoms with E-state index in [-0.39, 0.29) is 4.90 Å². The molecular weight excluding hydrogens is 378 g/mol. The van der Waals surface area contributed by atoms with Crippen LogP contribution in [0.4, 0.5) is 0 Å². The highest BCUT2D eigenvalue weighted by molar-refractivity contribution is 9.11. The number of carboxylic acids is 1. The quantitative estimate of drug-likeness (QED) is 0.828. The molecule has 0 saturated carbocycles. The number of rotatable bonds is 4. The first-order valence-electron chi connectivity index (χ1n) is 4.44. The molecule has 8 heteroatoms. The Bertz CT molecular complexity index is 544. The smallest absolute Gasteiger partial charge is 0.321 e. The molecule has 0 aromatic heterocycles. The molecule has 0 aliphatic carbocycles. The van der Waals surface area contributed by atoms with Gasteiger partial charge in [-0.3, -0.25) is 4.79 Å². The van der Waals surface area contributed by atoms with E-state index in [9.17, 15) is 13.2 Å². The van der Waals surface area contributed by atoms with Crippen molar-refractivity contribution in [2.75, 3.05) is 0 Å². The van der Waals surface area contributed by atoms with E-state index in [0.29, 0.717) is 8.95 Å². The Labute approximate surface area is 116 Å². The van der Waals surface area contributed by atoms with Crippen molar-refractivity contribution in [1.29, 1.82) is 0 Å². The van der Waals surface area contributed by atoms with E-state index in [0.717, 1.165) is 0 Å². The lowest BCUT2D eigenvalue weighted by molar-refractivity contribution is -0.138. The SMILES string of the molecule is C[C@@H](NS(=O)(=O)c1cc(Br)ccc1Br)C(=O)O. The average molecular weight is 387 g/mol. The van der Waals surface area contributed by atoms with Gasteiger partial charge in [0.15, 0.2) is 0 Å². The summed E-state index contributed by atoms with van der Waals surface area (Å²) in [5.74, 6) is -1.24. The molecule has 0 fully saturated rings. The molecule has 1 aromatic carbocycles. The fourth-order valence-electron chi connectivity index (χ4n) is 1.03.